The Morgan fingerprint density at radius 2 is 2.08 bits per heavy atom. The maximum Gasteiger partial charge on any atom is 0.264 e. The first-order valence-electron chi connectivity index (χ1n) is 7.94. The van der Waals surface area contributed by atoms with Crippen LogP contribution in [0, 0.1) is 0 Å². The first-order valence-corrected chi connectivity index (χ1v) is 7.94. The van der Waals surface area contributed by atoms with Gasteiger partial charge in [-0.25, -0.2) is 9.67 Å². The number of morpholine rings is 1. The Bertz CT molecular complexity index is 789. The van der Waals surface area contributed by atoms with Gasteiger partial charge in [-0.3, -0.25) is 14.2 Å². The van der Waals surface area contributed by atoms with Crippen LogP contribution in [-0.4, -0.2) is 67.1 Å². The smallest absolute Gasteiger partial charge is 0.264 e. The van der Waals surface area contributed by atoms with Crippen molar-refractivity contribution < 1.29 is 14.6 Å². The molecule has 2 aromatic rings. The quantitative estimate of drug-likeness (QED) is 0.786. The molecule has 1 saturated heterocycles. The Balaban J connectivity index is 1.81. The number of rotatable bonds is 4. The molecule has 0 aromatic carbocycles. The van der Waals surface area contributed by atoms with E-state index in [-0.39, 0.29) is 43.4 Å². The van der Waals surface area contributed by atoms with Crippen molar-refractivity contribution in [2.24, 2.45) is 0 Å². The van der Waals surface area contributed by atoms with Crippen molar-refractivity contribution in [3.63, 3.8) is 0 Å². The number of ether oxygens (including phenoxy) is 1. The van der Waals surface area contributed by atoms with E-state index in [1.165, 1.54) is 21.8 Å². The summed E-state index contributed by atoms with van der Waals surface area (Å²) in [4.78, 5) is 30.9. The lowest BCUT2D eigenvalue weighted by atomic mass is 10.2. The molecule has 0 unspecified atom stereocenters. The number of nitrogens with zero attached hydrogens (tertiary/aromatic N) is 5. The van der Waals surface area contributed by atoms with Gasteiger partial charge in [0.25, 0.3) is 5.56 Å². The van der Waals surface area contributed by atoms with Crippen molar-refractivity contribution in [1.82, 2.24) is 24.2 Å². The average molecular weight is 335 g/mol. The monoisotopic (exact) mass is 335 g/mol. The Kier molecular flexibility index (Phi) is 4.63. The molecule has 3 heterocycles. The fourth-order valence-electron chi connectivity index (χ4n) is 3.00. The van der Waals surface area contributed by atoms with Crippen molar-refractivity contribution in [1.29, 1.82) is 0 Å². The number of amides is 1. The van der Waals surface area contributed by atoms with Gasteiger partial charge in [0.1, 0.15) is 18.3 Å². The van der Waals surface area contributed by atoms with Crippen molar-refractivity contribution in [3.05, 3.63) is 22.9 Å². The molecule has 1 amide bonds. The molecular weight excluding hydrogens is 314 g/mol. The molecule has 1 N–H and O–H groups in total. The van der Waals surface area contributed by atoms with E-state index < -0.39 is 0 Å². The SMILES string of the molecule is C[C@@H]1CN(C(=O)Cn2cnc3c(cnn3CCO)c2=O)C[C@H](C)O1. The van der Waals surface area contributed by atoms with E-state index in [0.29, 0.717) is 24.1 Å². The van der Waals surface area contributed by atoms with E-state index in [2.05, 4.69) is 10.1 Å². The summed E-state index contributed by atoms with van der Waals surface area (Å²) < 4.78 is 8.38. The predicted octanol–water partition coefficient (Wildman–Crippen LogP) is -0.779. The van der Waals surface area contributed by atoms with Gasteiger partial charge in [-0.2, -0.15) is 5.10 Å². The zero-order valence-electron chi connectivity index (χ0n) is 13.8. The average Bonchev–Trinajstić information content (AvgIpc) is 2.93. The molecule has 0 saturated carbocycles. The van der Waals surface area contributed by atoms with E-state index in [4.69, 9.17) is 9.84 Å². The summed E-state index contributed by atoms with van der Waals surface area (Å²) >= 11 is 0. The van der Waals surface area contributed by atoms with Crippen LogP contribution in [-0.2, 0) is 22.6 Å². The fraction of sp³-hybridized carbons (Fsp3) is 0.600. The van der Waals surface area contributed by atoms with Crippen LogP contribution in [0.25, 0.3) is 11.0 Å². The predicted molar refractivity (Wildman–Crippen MR) is 85.5 cm³/mol. The Labute approximate surface area is 138 Å². The minimum absolute atomic E-state index is 0.0215. The molecule has 3 rings (SSSR count). The number of hydrogen-bond donors (Lipinski definition) is 1. The molecule has 130 valence electrons. The lowest BCUT2D eigenvalue weighted by molar-refractivity contribution is -0.143. The minimum Gasteiger partial charge on any atom is -0.394 e. The molecule has 0 bridgehead atoms. The molecule has 0 spiro atoms. The van der Waals surface area contributed by atoms with Crippen LogP contribution in [0.1, 0.15) is 13.8 Å². The zero-order chi connectivity index (χ0) is 17.3. The van der Waals surface area contributed by atoms with Crippen LogP contribution in [0.5, 0.6) is 0 Å². The van der Waals surface area contributed by atoms with Gasteiger partial charge in [-0.05, 0) is 13.8 Å². The summed E-state index contributed by atoms with van der Waals surface area (Å²) in [6.07, 6.45) is 2.73. The second-order valence-corrected chi connectivity index (χ2v) is 6.06. The van der Waals surface area contributed by atoms with Crippen molar-refractivity contribution in [2.75, 3.05) is 19.7 Å². The first kappa shape index (κ1) is 16.6. The summed E-state index contributed by atoms with van der Waals surface area (Å²) in [5.74, 6) is -0.136. The van der Waals surface area contributed by atoms with Crippen LogP contribution in [0.15, 0.2) is 17.3 Å². The minimum atomic E-state index is -0.313. The van der Waals surface area contributed by atoms with E-state index in [0.717, 1.165) is 0 Å². The Morgan fingerprint density at radius 1 is 1.38 bits per heavy atom. The number of hydrogen-bond acceptors (Lipinski definition) is 6. The molecule has 1 aliphatic heterocycles. The van der Waals surface area contributed by atoms with Crippen LogP contribution in [0.2, 0.25) is 0 Å². The first-order chi connectivity index (χ1) is 11.5. The standard InChI is InChI=1S/C15H21N5O4/c1-10-6-18(7-11(2)24-10)13(22)8-19-9-16-14-12(15(19)23)5-17-20(14)3-4-21/h5,9-11,21H,3-4,6-8H2,1-2H3/t10-,11+. The highest BCUT2D eigenvalue weighted by atomic mass is 16.5. The zero-order valence-corrected chi connectivity index (χ0v) is 13.8. The largest absolute Gasteiger partial charge is 0.394 e. The highest BCUT2D eigenvalue weighted by molar-refractivity contribution is 5.77. The topological polar surface area (TPSA) is 102 Å². The normalized spacial score (nSPS) is 21.4. The summed E-state index contributed by atoms with van der Waals surface area (Å²) in [5.41, 5.74) is 0.0956. The van der Waals surface area contributed by atoms with E-state index in [9.17, 15) is 9.59 Å². The summed E-state index contributed by atoms with van der Waals surface area (Å²) in [6, 6.07) is 0. The molecule has 1 fully saturated rings. The van der Waals surface area contributed by atoms with Crippen molar-refractivity contribution >= 4 is 16.9 Å². The number of carbonyl (C=O) groups is 1. The second-order valence-electron chi connectivity index (χ2n) is 6.06. The summed E-state index contributed by atoms with van der Waals surface area (Å²) in [5, 5.41) is 13.4. The van der Waals surface area contributed by atoms with Crippen LogP contribution >= 0.6 is 0 Å². The van der Waals surface area contributed by atoms with Gasteiger partial charge in [0, 0.05) is 13.1 Å². The molecule has 2 atom stereocenters. The number of aliphatic hydroxyl groups excluding tert-OH is 1. The van der Waals surface area contributed by atoms with E-state index >= 15 is 0 Å². The van der Waals surface area contributed by atoms with Crippen molar-refractivity contribution in [3.8, 4) is 0 Å². The van der Waals surface area contributed by atoms with Gasteiger partial charge < -0.3 is 14.7 Å². The maximum atomic E-state index is 12.5. The Morgan fingerprint density at radius 3 is 2.75 bits per heavy atom. The van der Waals surface area contributed by atoms with Gasteiger partial charge in [0.05, 0.1) is 31.6 Å². The van der Waals surface area contributed by atoms with Gasteiger partial charge in [0.15, 0.2) is 5.65 Å². The van der Waals surface area contributed by atoms with Crippen LogP contribution in [0.3, 0.4) is 0 Å². The van der Waals surface area contributed by atoms with E-state index in [1.54, 1.807) is 4.90 Å². The van der Waals surface area contributed by atoms with E-state index in [1.807, 2.05) is 13.8 Å². The van der Waals surface area contributed by atoms with Gasteiger partial charge in [-0.15, -0.1) is 0 Å². The number of aromatic nitrogens is 4. The lowest BCUT2D eigenvalue weighted by Crippen LogP contribution is -2.49. The molecule has 0 aliphatic carbocycles. The molecular formula is C15H21N5O4. The number of aliphatic hydroxyl groups is 1. The number of carbonyl (C=O) groups excluding carboxylic acids is 1. The third-order valence-corrected chi connectivity index (χ3v) is 4.01. The third-order valence-electron chi connectivity index (χ3n) is 4.01. The van der Waals surface area contributed by atoms with Crippen LogP contribution < -0.4 is 5.56 Å². The molecule has 24 heavy (non-hydrogen) atoms. The molecule has 0 radical (unpaired) electrons. The number of fused-ring (bicyclic) bond motifs is 1. The Hall–Kier alpha value is -2.26. The molecule has 2 aromatic heterocycles. The maximum absolute atomic E-state index is 12.5. The summed E-state index contributed by atoms with van der Waals surface area (Å²) in [6.45, 7) is 4.99. The molecule has 9 heteroatoms. The third kappa shape index (κ3) is 3.17. The highest BCUT2D eigenvalue weighted by Gasteiger charge is 2.26. The highest BCUT2D eigenvalue weighted by Crippen LogP contribution is 2.11. The lowest BCUT2D eigenvalue weighted by Gasteiger charge is -2.35. The van der Waals surface area contributed by atoms with Crippen molar-refractivity contribution in [2.45, 2.75) is 39.1 Å². The molecule has 9 nitrogen and oxygen atoms in total. The summed E-state index contributed by atoms with van der Waals surface area (Å²) in [7, 11) is 0. The van der Waals surface area contributed by atoms with Gasteiger partial charge in [0.2, 0.25) is 5.91 Å². The van der Waals surface area contributed by atoms with Gasteiger partial charge >= 0.3 is 0 Å². The second kappa shape index (κ2) is 6.70. The van der Waals surface area contributed by atoms with Crippen LogP contribution in [0.4, 0.5) is 0 Å². The van der Waals surface area contributed by atoms with Gasteiger partial charge in [-0.1, -0.05) is 0 Å². The fourth-order valence-corrected chi connectivity index (χ4v) is 3.00. The molecule has 1 aliphatic rings.